The standard InChI is InChI=1S/C31H45N3O5/c1-9-21(5)34(27(28(36)32-20(3)4)24-15-11-22(10-2)12-16-24)29(37)26(33-30(38)39-31(6,7)8)19-23-13-17-25(35)18-14-23/h11-18,20-21,26-27,35H,9-10,19H2,1-8H3,(H,32,36)(H,33,38). The quantitative estimate of drug-likeness (QED) is 0.360. The van der Waals surface area contributed by atoms with Gasteiger partial charge < -0.3 is 25.4 Å². The number of aryl methyl sites for hydroxylation is 1. The van der Waals surface area contributed by atoms with Crippen molar-refractivity contribution in [3.8, 4) is 5.75 Å². The highest BCUT2D eigenvalue weighted by Crippen LogP contribution is 2.27. The van der Waals surface area contributed by atoms with Crippen LogP contribution in [0.1, 0.15) is 84.5 Å². The molecule has 3 atom stereocenters. The molecule has 214 valence electrons. The van der Waals surface area contributed by atoms with Gasteiger partial charge in [0, 0.05) is 18.5 Å². The molecule has 0 aliphatic rings. The Morgan fingerprint density at radius 1 is 0.897 bits per heavy atom. The lowest BCUT2D eigenvalue weighted by Crippen LogP contribution is -2.56. The summed E-state index contributed by atoms with van der Waals surface area (Å²) in [6.45, 7) is 14.9. The van der Waals surface area contributed by atoms with Gasteiger partial charge in [0.05, 0.1) is 0 Å². The Morgan fingerprint density at radius 2 is 1.46 bits per heavy atom. The van der Waals surface area contributed by atoms with Gasteiger partial charge in [-0.15, -0.1) is 0 Å². The van der Waals surface area contributed by atoms with Gasteiger partial charge in [0.2, 0.25) is 11.8 Å². The number of benzene rings is 2. The van der Waals surface area contributed by atoms with Gasteiger partial charge in [-0.1, -0.05) is 50.2 Å². The fraction of sp³-hybridized carbons (Fsp3) is 0.516. The maximum Gasteiger partial charge on any atom is 0.408 e. The smallest absolute Gasteiger partial charge is 0.408 e. The second kappa shape index (κ2) is 14.0. The van der Waals surface area contributed by atoms with Gasteiger partial charge >= 0.3 is 6.09 Å². The van der Waals surface area contributed by atoms with E-state index in [0.29, 0.717) is 12.0 Å². The van der Waals surface area contributed by atoms with Gasteiger partial charge in [-0.25, -0.2) is 4.79 Å². The minimum Gasteiger partial charge on any atom is -0.508 e. The Labute approximate surface area is 233 Å². The predicted octanol–water partition coefficient (Wildman–Crippen LogP) is 5.28. The third kappa shape index (κ3) is 9.61. The van der Waals surface area contributed by atoms with Gasteiger partial charge in [0.15, 0.2) is 0 Å². The monoisotopic (exact) mass is 539 g/mol. The number of phenols is 1. The number of aromatic hydroxyl groups is 1. The van der Waals surface area contributed by atoms with Crippen molar-refractivity contribution in [2.75, 3.05) is 0 Å². The zero-order chi connectivity index (χ0) is 29.3. The molecule has 2 aromatic rings. The number of alkyl carbamates (subject to hydrolysis) is 1. The molecule has 8 heteroatoms. The van der Waals surface area contributed by atoms with E-state index in [-0.39, 0.29) is 30.2 Å². The molecular formula is C31H45N3O5. The van der Waals surface area contributed by atoms with Crippen LogP contribution in [0.3, 0.4) is 0 Å². The molecule has 3 unspecified atom stereocenters. The number of carbonyl (C=O) groups is 3. The van der Waals surface area contributed by atoms with Crippen LogP contribution in [0.15, 0.2) is 48.5 Å². The van der Waals surface area contributed by atoms with Crippen molar-refractivity contribution < 1.29 is 24.2 Å². The highest BCUT2D eigenvalue weighted by atomic mass is 16.6. The van der Waals surface area contributed by atoms with Crippen LogP contribution in [0.25, 0.3) is 0 Å². The summed E-state index contributed by atoms with van der Waals surface area (Å²) >= 11 is 0. The molecule has 0 bridgehead atoms. The molecule has 0 spiro atoms. The van der Waals surface area contributed by atoms with Gasteiger partial charge in [-0.2, -0.15) is 0 Å². The molecule has 39 heavy (non-hydrogen) atoms. The lowest BCUT2D eigenvalue weighted by atomic mass is 9.96. The normalized spacial score (nSPS) is 13.8. The Morgan fingerprint density at radius 3 is 1.95 bits per heavy atom. The third-order valence-electron chi connectivity index (χ3n) is 6.35. The summed E-state index contributed by atoms with van der Waals surface area (Å²) in [7, 11) is 0. The number of carbonyl (C=O) groups excluding carboxylic acids is 3. The first-order valence-corrected chi connectivity index (χ1v) is 13.7. The van der Waals surface area contributed by atoms with Crippen molar-refractivity contribution in [2.24, 2.45) is 0 Å². The molecular weight excluding hydrogens is 494 g/mol. The highest BCUT2D eigenvalue weighted by Gasteiger charge is 2.38. The summed E-state index contributed by atoms with van der Waals surface area (Å²) in [6, 6.07) is 11.8. The largest absolute Gasteiger partial charge is 0.508 e. The number of rotatable bonds is 11. The first-order valence-electron chi connectivity index (χ1n) is 13.7. The average Bonchev–Trinajstić information content (AvgIpc) is 2.85. The fourth-order valence-electron chi connectivity index (χ4n) is 4.23. The number of ether oxygens (including phenoxy) is 1. The summed E-state index contributed by atoms with van der Waals surface area (Å²) in [5.74, 6) is -0.584. The molecule has 2 rings (SSSR count). The van der Waals surface area contributed by atoms with E-state index in [0.717, 1.165) is 17.5 Å². The number of hydrogen-bond donors (Lipinski definition) is 3. The number of amides is 3. The van der Waals surface area contributed by atoms with E-state index >= 15 is 0 Å². The van der Waals surface area contributed by atoms with Crippen LogP contribution in [-0.2, 0) is 27.2 Å². The first-order chi connectivity index (χ1) is 18.2. The van der Waals surface area contributed by atoms with Gasteiger partial charge in [-0.3, -0.25) is 9.59 Å². The van der Waals surface area contributed by atoms with Crippen molar-refractivity contribution in [3.63, 3.8) is 0 Å². The minimum absolute atomic E-state index is 0.101. The molecule has 0 radical (unpaired) electrons. The molecule has 0 aliphatic carbocycles. The molecule has 3 amide bonds. The maximum absolute atomic E-state index is 14.4. The number of phenolic OH excluding ortho intramolecular Hbond substituents is 1. The van der Waals surface area contributed by atoms with E-state index in [9.17, 15) is 19.5 Å². The Balaban J connectivity index is 2.58. The van der Waals surface area contributed by atoms with Gasteiger partial charge in [0.25, 0.3) is 0 Å². The first kappa shape index (κ1) is 31.7. The second-order valence-electron chi connectivity index (χ2n) is 11.2. The Bertz CT molecular complexity index is 1090. The highest BCUT2D eigenvalue weighted by molar-refractivity contribution is 5.92. The van der Waals surface area contributed by atoms with Crippen molar-refractivity contribution in [1.82, 2.24) is 15.5 Å². The molecule has 8 nitrogen and oxygen atoms in total. The van der Waals surface area contributed by atoms with Crippen LogP contribution in [0, 0.1) is 0 Å². The molecule has 0 fully saturated rings. The lowest BCUT2D eigenvalue weighted by Gasteiger charge is -2.38. The topological polar surface area (TPSA) is 108 Å². The van der Waals surface area contributed by atoms with Crippen LogP contribution in [0.2, 0.25) is 0 Å². The zero-order valence-corrected chi connectivity index (χ0v) is 24.6. The molecule has 0 saturated heterocycles. The molecule has 2 aromatic carbocycles. The Hall–Kier alpha value is -3.55. The van der Waals surface area contributed by atoms with Crippen LogP contribution in [0.4, 0.5) is 4.79 Å². The number of nitrogens with zero attached hydrogens (tertiary/aromatic N) is 1. The summed E-state index contributed by atoms with van der Waals surface area (Å²) in [5, 5.41) is 15.5. The van der Waals surface area contributed by atoms with E-state index in [2.05, 4.69) is 17.6 Å². The number of nitrogens with one attached hydrogen (secondary N) is 2. The van der Waals surface area contributed by atoms with Gasteiger partial charge in [-0.05, 0) is 83.2 Å². The summed E-state index contributed by atoms with van der Waals surface area (Å²) in [5.41, 5.74) is 1.80. The van der Waals surface area contributed by atoms with Crippen molar-refractivity contribution in [2.45, 2.75) is 104 Å². The SMILES string of the molecule is CCc1ccc(C(C(=O)NC(C)C)N(C(=O)C(Cc2ccc(O)cc2)NC(=O)OC(C)(C)C)C(C)CC)cc1. The van der Waals surface area contributed by atoms with Crippen molar-refractivity contribution in [3.05, 3.63) is 65.2 Å². The molecule has 0 aromatic heterocycles. The molecule has 0 aliphatic heterocycles. The molecule has 0 heterocycles. The molecule has 0 saturated carbocycles. The van der Waals surface area contributed by atoms with Crippen LogP contribution in [-0.4, -0.2) is 51.6 Å². The lowest BCUT2D eigenvalue weighted by molar-refractivity contribution is -0.145. The number of hydrogen-bond acceptors (Lipinski definition) is 5. The van der Waals surface area contributed by atoms with Crippen LogP contribution < -0.4 is 10.6 Å². The minimum atomic E-state index is -1.01. The zero-order valence-electron chi connectivity index (χ0n) is 24.6. The van der Waals surface area contributed by atoms with Gasteiger partial charge in [0.1, 0.15) is 23.4 Å². The maximum atomic E-state index is 14.4. The fourth-order valence-corrected chi connectivity index (χ4v) is 4.23. The summed E-state index contributed by atoms with van der Waals surface area (Å²) in [6.07, 6.45) is 0.881. The Kier molecular flexibility index (Phi) is 11.4. The van der Waals surface area contributed by atoms with E-state index < -0.39 is 29.7 Å². The summed E-state index contributed by atoms with van der Waals surface area (Å²) in [4.78, 5) is 42.5. The van der Waals surface area contributed by atoms with E-state index in [1.54, 1.807) is 37.8 Å². The van der Waals surface area contributed by atoms with Crippen LogP contribution >= 0.6 is 0 Å². The van der Waals surface area contributed by atoms with Crippen LogP contribution in [0.5, 0.6) is 5.75 Å². The van der Waals surface area contributed by atoms with E-state index in [4.69, 9.17) is 4.74 Å². The summed E-state index contributed by atoms with van der Waals surface area (Å²) < 4.78 is 5.47. The van der Waals surface area contributed by atoms with Crippen molar-refractivity contribution in [1.29, 1.82) is 0 Å². The van der Waals surface area contributed by atoms with E-state index in [1.807, 2.05) is 52.0 Å². The average molecular weight is 540 g/mol. The second-order valence-corrected chi connectivity index (χ2v) is 11.2. The van der Waals surface area contributed by atoms with Crippen molar-refractivity contribution >= 4 is 17.9 Å². The predicted molar refractivity (Wildman–Crippen MR) is 153 cm³/mol. The van der Waals surface area contributed by atoms with E-state index in [1.165, 1.54) is 12.1 Å². The third-order valence-corrected chi connectivity index (χ3v) is 6.35. The molecule has 3 N–H and O–H groups in total.